The first kappa shape index (κ1) is 21.4. The normalized spacial score (nSPS) is 17.1. The maximum atomic E-state index is 13.5. The van der Waals surface area contributed by atoms with Crippen LogP contribution in [0.1, 0.15) is 27.7 Å². The monoisotopic (exact) mass is 481 g/mol. The Morgan fingerprint density at radius 2 is 2.00 bits per heavy atom. The van der Waals surface area contributed by atoms with Crippen LogP contribution in [-0.2, 0) is 6.54 Å². The van der Waals surface area contributed by atoms with E-state index in [1.807, 2.05) is 47.4 Å². The number of aromatic nitrogens is 4. The lowest BCUT2D eigenvalue weighted by molar-refractivity contribution is 0.0917. The van der Waals surface area contributed by atoms with Crippen molar-refractivity contribution in [2.24, 2.45) is 0 Å². The molecule has 2 aromatic heterocycles. The van der Waals surface area contributed by atoms with E-state index in [0.717, 1.165) is 16.8 Å². The number of carbonyl (C=O) groups excluding carboxylic acids is 1. The van der Waals surface area contributed by atoms with Gasteiger partial charge in [0.1, 0.15) is 23.3 Å². The van der Waals surface area contributed by atoms with Crippen LogP contribution in [0.5, 0.6) is 5.75 Å². The lowest BCUT2D eigenvalue weighted by Gasteiger charge is -2.25. The fraction of sp³-hybridized carbons (Fsp3) is 0.174. The number of fused-ring (bicyclic) bond motifs is 1. The first-order valence-electron chi connectivity index (χ1n) is 10.0. The van der Waals surface area contributed by atoms with E-state index in [-0.39, 0.29) is 17.5 Å². The molecule has 2 unspecified atom stereocenters. The van der Waals surface area contributed by atoms with Crippen LogP contribution < -0.4 is 9.64 Å². The van der Waals surface area contributed by atoms with Gasteiger partial charge in [-0.3, -0.25) is 4.79 Å². The van der Waals surface area contributed by atoms with E-state index in [1.54, 1.807) is 19.4 Å². The fourth-order valence-corrected chi connectivity index (χ4v) is 4.39. The molecule has 2 aromatic carbocycles. The molecule has 0 saturated heterocycles. The maximum Gasteiger partial charge on any atom is 0.295 e. The number of nitrogens with zero attached hydrogens (tertiary/aromatic N) is 5. The SMILES string of the molecule is COc1ccc2c(c1)C(C(=O)c1nc(-c3ccncn3)no1)C(Cl)N2Cc1ccc(Cl)cc1. The molecule has 2 atom stereocenters. The molecule has 0 fully saturated rings. The quantitative estimate of drug-likeness (QED) is 0.221. The van der Waals surface area contributed by atoms with Crippen LogP contribution in [0, 0.1) is 0 Å². The van der Waals surface area contributed by atoms with E-state index in [4.69, 9.17) is 32.5 Å². The van der Waals surface area contributed by atoms with Crippen molar-refractivity contribution in [3.8, 4) is 17.3 Å². The average Bonchev–Trinajstić information content (AvgIpc) is 3.44. The van der Waals surface area contributed by atoms with Gasteiger partial charge < -0.3 is 14.2 Å². The summed E-state index contributed by atoms with van der Waals surface area (Å²) in [4.78, 5) is 27.7. The largest absolute Gasteiger partial charge is 0.497 e. The van der Waals surface area contributed by atoms with E-state index in [0.29, 0.717) is 23.0 Å². The minimum Gasteiger partial charge on any atom is -0.497 e. The Hall–Kier alpha value is -3.49. The minimum absolute atomic E-state index is 0.138. The Morgan fingerprint density at radius 3 is 2.73 bits per heavy atom. The summed E-state index contributed by atoms with van der Waals surface area (Å²) < 4.78 is 10.7. The molecule has 0 N–H and O–H groups in total. The second-order valence-corrected chi connectivity index (χ2v) is 8.30. The third-order valence-electron chi connectivity index (χ3n) is 5.45. The summed E-state index contributed by atoms with van der Waals surface area (Å²) >= 11 is 12.9. The molecule has 0 bridgehead atoms. The summed E-state index contributed by atoms with van der Waals surface area (Å²) in [6, 6.07) is 14.7. The van der Waals surface area contributed by atoms with Crippen molar-refractivity contribution >= 4 is 34.7 Å². The Balaban J connectivity index is 1.50. The van der Waals surface area contributed by atoms with Gasteiger partial charge in [0.2, 0.25) is 11.6 Å². The molecule has 0 radical (unpaired) electrons. The summed E-state index contributed by atoms with van der Waals surface area (Å²) in [5.41, 5.74) is 2.34. The van der Waals surface area contributed by atoms with Crippen LogP contribution in [-0.4, -0.2) is 38.5 Å². The van der Waals surface area contributed by atoms with Crippen LogP contribution in [0.3, 0.4) is 0 Å². The summed E-state index contributed by atoms with van der Waals surface area (Å²) in [6.45, 7) is 0.491. The Kier molecular flexibility index (Phi) is 5.70. The van der Waals surface area contributed by atoms with E-state index in [1.165, 1.54) is 6.33 Å². The highest BCUT2D eigenvalue weighted by atomic mass is 35.5. The van der Waals surface area contributed by atoms with Crippen molar-refractivity contribution in [1.82, 2.24) is 20.1 Å². The van der Waals surface area contributed by atoms with Crippen LogP contribution in [0.15, 0.2) is 65.6 Å². The molecule has 1 aliphatic heterocycles. The van der Waals surface area contributed by atoms with Gasteiger partial charge in [0.25, 0.3) is 5.89 Å². The van der Waals surface area contributed by atoms with Gasteiger partial charge in [0, 0.05) is 23.5 Å². The van der Waals surface area contributed by atoms with Gasteiger partial charge in [0.05, 0.1) is 13.0 Å². The smallest absolute Gasteiger partial charge is 0.295 e. The van der Waals surface area contributed by atoms with Crippen LogP contribution >= 0.6 is 23.2 Å². The Labute approximate surface area is 199 Å². The molecule has 3 heterocycles. The van der Waals surface area contributed by atoms with Crippen molar-refractivity contribution in [2.75, 3.05) is 12.0 Å². The third kappa shape index (κ3) is 4.03. The van der Waals surface area contributed by atoms with Gasteiger partial charge >= 0.3 is 0 Å². The van der Waals surface area contributed by atoms with Crippen LogP contribution in [0.25, 0.3) is 11.5 Å². The highest BCUT2D eigenvalue weighted by Gasteiger charge is 2.44. The molecule has 1 aliphatic rings. The summed E-state index contributed by atoms with van der Waals surface area (Å²) in [5.74, 6) is -0.426. The van der Waals surface area contributed by atoms with E-state index in [9.17, 15) is 4.79 Å². The van der Waals surface area contributed by atoms with Crippen molar-refractivity contribution in [3.63, 3.8) is 0 Å². The third-order valence-corrected chi connectivity index (χ3v) is 6.19. The minimum atomic E-state index is -0.734. The van der Waals surface area contributed by atoms with Crippen molar-refractivity contribution in [3.05, 3.63) is 83.1 Å². The van der Waals surface area contributed by atoms with E-state index < -0.39 is 11.4 Å². The highest BCUT2D eigenvalue weighted by molar-refractivity contribution is 6.30. The number of hydrogen-bond acceptors (Lipinski definition) is 8. The molecule has 4 aromatic rings. The number of ketones is 1. The van der Waals surface area contributed by atoms with Crippen molar-refractivity contribution in [1.29, 1.82) is 0 Å². The molecule has 8 nitrogen and oxygen atoms in total. The zero-order chi connectivity index (χ0) is 22.9. The number of hydrogen-bond donors (Lipinski definition) is 0. The molecule has 0 amide bonds. The van der Waals surface area contributed by atoms with Crippen LogP contribution in [0.4, 0.5) is 5.69 Å². The number of methoxy groups -OCH3 is 1. The molecular weight excluding hydrogens is 465 g/mol. The number of Topliss-reactive ketones (excluding diaryl/α,β-unsaturated/α-hetero) is 1. The number of halogens is 2. The number of rotatable bonds is 6. The van der Waals surface area contributed by atoms with Crippen molar-refractivity contribution < 1.29 is 14.1 Å². The van der Waals surface area contributed by atoms with Gasteiger partial charge in [-0.25, -0.2) is 9.97 Å². The summed E-state index contributed by atoms with van der Waals surface area (Å²) in [7, 11) is 1.57. The lowest BCUT2D eigenvalue weighted by atomic mass is 9.96. The second-order valence-electron chi connectivity index (χ2n) is 7.41. The Bertz CT molecular complexity index is 1300. The van der Waals surface area contributed by atoms with Crippen molar-refractivity contribution in [2.45, 2.75) is 18.0 Å². The first-order chi connectivity index (χ1) is 16.0. The first-order valence-corrected chi connectivity index (χ1v) is 10.8. The molecule has 166 valence electrons. The number of anilines is 1. The van der Waals surface area contributed by atoms with Gasteiger partial charge in [0.15, 0.2) is 0 Å². The summed E-state index contributed by atoms with van der Waals surface area (Å²) in [6.07, 6.45) is 2.93. The van der Waals surface area contributed by atoms with E-state index in [2.05, 4.69) is 20.1 Å². The van der Waals surface area contributed by atoms with E-state index >= 15 is 0 Å². The number of alkyl halides is 1. The molecular formula is C23H17Cl2N5O3. The Morgan fingerprint density at radius 1 is 1.18 bits per heavy atom. The predicted molar refractivity (Wildman–Crippen MR) is 123 cm³/mol. The maximum absolute atomic E-state index is 13.5. The zero-order valence-corrected chi connectivity index (χ0v) is 18.9. The summed E-state index contributed by atoms with van der Waals surface area (Å²) in [5, 5.41) is 4.55. The number of benzene rings is 2. The van der Waals surface area contributed by atoms with Gasteiger partial charge in [-0.05, 0) is 47.5 Å². The predicted octanol–water partition coefficient (Wildman–Crippen LogP) is 4.74. The number of carbonyl (C=O) groups is 1. The zero-order valence-electron chi connectivity index (χ0n) is 17.4. The highest BCUT2D eigenvalue weighted by Crippen LogP contribution is 2.46. The molecule has 0 aliphatic carbocycles. The lowest BCUT2D eigenvalue weighted by Crippen LogP contribution is -2.32. The molecule has 0 spiro atoms. The second kappa shape index (κ2) is 8.80. The molecule has 33 heavy (non-hydrogen) atoms. The van der Waals surface area contributed by atoms with Gasteiger partial charge in [-0.1, -0.05) is 40.5 Å². The molecule has 10 heteroatoms. The van der Waals surface area contributed by atoms with Crippen LogP contribution in [0.2, 0.25) is 5.02 Å². The standard InChI is InChI=1S/C23H17Cl2N5O3/c1-32-15-6-7-18-16(10-15)19(21(25)30(18)11-13-2-4-14(24)5-3-13)20(31)23-28-22(29-33-23)17-8-9-26-12-27-17/h2-10,12,19,21H,11H2,1H3. The topological polar surface area (TPSA) is 94.2 Å². The molecule has 0 saturated carbocycles. The van der Waals surface area contributed by atoms with Gasteiger partial charge in [-0.2, -0.15) is 4.98 Å². The average molecular weight is 482 g/mol. The number of ether oxygens (including phenoxy) is 1. The van der Waals surface area contributed by atoms with Gasteiger partial charge in [-0.15, -0.1) is 0 Å². The molecule has 5 rings (SSSR count). The fourth-order valence-electron chi connectivity index (χ4n) is 3.84.